The van der Waals surface area contributed by atoms with E-state index in [-0.39, 0.29) is 30.1 Å². The predicted octanol–water partition coefficient (Wildman–Crippen LogP) is 5.82. The van der Waals surface area contributed by atoms with E-state index in [1.54, 1.807) is 19.2 Å². The van der Waals surface area contributed by atoms with E-state index in [4.69, 9.17) is 0 Å². The second kappa shape index (κ2) is 12.2. The average molecular weight is 497 g/mol. The zero-order chi connectivity index (χ0) is 24.8. The summed E-state index contributed by atoms with van der Waals surface area (Å²) >= 11 is 1.33. The Hall–Kier alpha value is -1.90. The molecule has 0 amide bonds. The molecule has 1 saturated carbocycles. The molecule has 2 aliphatic rings. The van der Waals surface area contributed by atoms with Gasteiger partial charge >= 0.3 is 0 Å². The Morgan fingerprint density at radius 1 is 1.09 bits per heavy atom. The quantitative estimate of drug-likeness (QED) is 0.297. The minimum atomic E-state index is -1.08. The third kappa shape index (κ3) is 6.01. The van der Waals surface area contributed by atoms with Crippen molar-refractivity contribution in [2.24, 2.45) is 11.8 Å². The number of benzene rings is 2. The van der Waals surface area contributed by atoms with Crippen molar-refractivity contribution in [2.45, 2.75) is 50.9 Å². The molecule has 1 N–H and O–H groups in total. The van der Waals surface area contributed by atoms with Crippen molar-refractivity contribution in [1.29, 1.82) is 0 Å². The highest BCUT2D eigenvalue weighted by Crippen LogP contribution is 2.34. The maximum Gasteiger partial charge on any atom is 0.166 e. The van der Waals surface area contributed by atoms with Gasteiger partial charge in [-0.3, -0.25) is 9.62 Å². The number of likely N-dealkylation sites (tertiary alicyclic amines) is 1. The van der Waals surface area contributed by atoms with Crippen LogP contribution in [0.2, 0.25) is 0 Å². The molecule has 3 atom stereocenters. The molecule has 3 unspecified atom stereocenters. The summed E-state index contributed by atoms with van der Waals surface area (Å²) < 4.78 is 59.9. The Bertz CT molecular complexity index is 970. The van der Waals surface area contributed by atoms with Gasteiger partial charge in [-0.2, -0.15) is 0 Å². The van der Waals surface area contributed by atoms with Crippen LogP contribution >= 0.6 is 11.9 Å². The van der Waals surface area contributed by atoms with Crippen molar-refractivity contribution in [2.75, 3.05) is 19.8 Å². The molecule has 4 rings (SSSR count). The lowest BCUT2D eigenvalue weighted by Crippen LogP contribution is -2.42. The van der Waals surface area contributed by atoms with Gasteiger partial charge in [0.2, 0.25) is 0 Å². The number of aldehydes is 1. The van der Waals surface area contributed by atoms with Gasteiger partial charge in [-0.15, -0.1) is 0 Å². The van der Waals surface area contributed by atoms with E-state index in [9.17, 15) is 18.0 Å². The zero-order valence-electron chi connectivity index (χ0n) is 19.7. The Labute approximate surface area is 203 Å². The van der Waals surface area contributed by atoms with Crippen molar-refractivity contribution < 1.29 is 22.4 Å². The summed E-state index contributed by atoms with van der Waals surface area (Å²) in [5, 5.41) is 0. The first-order valence-electron chi connectivity index (χ1n) is 11.6. The maximum atomic E-state index is 15.0. The standard InChI is InChI=1S/C19H20F4N2S.C7H12O/c1-25-10-15(21)19(24-26-2)16(25)9-11-5-3-6-12(17(11)22)13-7-4-8-14(20)18(13)23;1-2-6-3-7(4-6)5-8/h3-8,15-16,19,24H,9-10H2,1-2H3;5-7H,2-4H2,1H3. The van der Waals surface area contributed by atoms with E-state index in [2.05, 4.69) is 11.6 Å². The molecule has 2 aromatic rings. The van der Waals surface area contributed by atoms with Crippen LogP contribution in [0.1, 0.15) is 31.7 Å². The normalized spacial score (nSPS) is 26.5. The highest BCUT2D eigenvalue weighted by atomic mass is 32.2. The first-order valence-corrected chi connectivity index (χ1v) is 12.8. The monoisotopic (exact) mass is 496 g/mol. The van der Waals surface area contributed by atoms with Crippen molar-refractivity contribution in [1.82, 2.24) is 9.62 Å². The van der Waals surface area contributed by atoms with Gasteiger partial charge in [-0.1, -0.05) is 55.6 Å². The molecule has 1 heterocycles. The predicted molar refractivity (Wildman–Crippen MR) is 130 cm³/mol. The molecule has 2 aromatic carbocycles. The third-order valence-corrected chi connectivity index (χ3v) is 7.39. The number of carbonyl (C=O) groups is 1. The van der Waals surface area contributed by atoms with Crippen molar-refractivity contribution in [3.8, 4) is 11.1 Å². The van der Waals surface area contributed by atoms with Gasteiger partial charge in [0, 0.05) is 29.6 Å². The molecule has 0 aromatic heterocycles. The molecule has 8 heteroatoms. The smallest absolute Gasteiger partial charge is 0.166 e. The fraction of sp³-hybridized carbons (Fsp3) is 0.500. The Morgan fingerprint density at radius 3 is 2.35 bits per heavy atom. The zero-order valence-corrected chi connectivity index (χ0v) is 20.6. The number of hydrogen-bond acceptors (Lipinski definition) is 4. The van der Waals surface area contributed by atoms with Gasteiger partial charge in [0.15, 0.2) is 11.6 Å². The van der Waals surface area contributed by atoms with Crippen LogP contribution in [-0.4, -0.2) is 49.3 Å². The summed E-state index contributed by atoms with van der Waals surface area (Å²) in [7, 11) is 1.80. The molecule has 0 bridgehead atoms. The number of carbonyl (C=O) groups excluding carboxylic acids is 1. The van der Waals surface area contributed by atoms with Crippen LogP contribution in [0.4, 0.5) is 17.6 Å². The van der Waals surface area contributed by atoms with E-state index in [1.807, 2.05) is 11.2 Å². The largest absolute Gasteiger partial charge is 0.303 e. The van der Waals surface area contributed by atoms with Crippen molar-refractivity contribution in [3.63, 3.8) is 0 Å². The van der Waals surface area contributed by atoms with Crippen LogP contribution in [0.15, 0.2) is 36.4 Å². The number of nitrogens with zero attached hydrogens (tertiary/aromatic N) is 1. The van der Waals surface area contributed by atoms with E-state index in [1.165, 1.54) is 36.6 Å². The number of rotatable bonds is 7. The van der Waals surface area contributed by atoms with E-state index in [0.717, 1.165) is 31.1 Å². The first kappa shape index (κ1) is 26.7. The first-order chi connectivity index (χ1) is 16.3. The molecule has 1 aliphatic heterocycles. The lowest BCUT2D eigenvalue weighted by atomic mass is 9.74. The summed E-state index contributed by atoms with van der Waals surface area (Å²) in [6.45, 7) is 2.45. The van der Waals surface area contributed by atoms with Gasteiger partial charge in [0.05, 0.1) is 6.04 Å². The molecule has 0 radical (unpaired) electrons. The van der Waals surface area contributed by atoms with Crippen LogP contribution in [0.25, 0.3) is 11.1 Å². The second-order valence-corrected chi connectivity index (χ2v) is 9.74. The van der Waals surface area contributed by atoms with Crippen molar-refractivity contribution in [3.05, 3.63) is 59.4 Å². The summed E-state index contributed by atoms with van der Waals surface area (Å²) in [6, 6.07) is 7.65. The van der Waals surface area contributed by atoms with E-state index < -0.39 is 29.7 Å². The van der Waals surface area contributed by atoms with E-state index >= 15 is 4.39 Å². The lowest BCUT2D eigenvalue weighted by Gasteiger charge is -2.30. The molecular formula is C26H32F4N2OS. The number of hydrogen-bond donors (Lipinski definition) is 1. The topological polar surface area (TPSA) is 32.3 Å². The van der Waals surface area contributed by atoms with Gasteiger partial charge in [0.1, 0.15) is 18.3 Å². The summed E-state index contributed by atoms with van der Waals surface area (Å²) in [4.78, 5) is 11.9. The maximum absolute atomic E-state index is 15.0. The highest BCUT2D eigenvalue weighted by molar-refractivity contribution is 7.96. The van der Waals surface area contributed by atoms with Crippen LogP contribution < -0.4 is 4.72 Å². The second-order valence-electron chi connectivity index (χ2n) is 9.10. The number of alkyl halides is 1. The van der Waals surface area contributed by atoms with Gasteiger partial charge in [-0.25, -0.2) is 17.6 Å². The Morgan fingerprint density at radius 2 is 1.74 bits per heavy atom. The van der Waals surface area contributed by atoms with Crippen LogP contribution in [0.3, 0.4) is 0 Å². The number of nitrogens with one attached hydrogen (secondary N) is 1. The molecule has 1 saturated heterocycles. The van der Waals surface area contributed by atoms with Gasteiger partial charge in [0.25, 0.3) is 0 Å². The Kier molecular flexibility index (Phi) is 9.56. The van der Waals surface area contributed by atoms with Crippen LogP contribution in [0, 0.1) is 29.3 Å². The molecule has 1 aliphatic carbocycles. The molecular weight excluding hydrogens is 464 g/mol. The highest BCUT2D eigenvalue weighted by Gasteiger charge is 2.40. The van der Waals surface area contributed by atoms with Gasteiger partial charge < -0.3 is 4.79 Å². The summed E-state index contributed by atoms with van der Waals surface area (Å²) in [5.41, 5.74) is 0.239. The molecule has 186 valence electrons. The fourth-order valence-electron chi connectivity index (χ4n) is 4.72. The van der Waals surface area contributed by atoms with Crippen LogP contribution in [-0.2, 0) is 11.2 Å². The average Bonchev–Trinajstić information content (AvgIpc) is 3.05. The number of halogens is 4. The van der Waals surface area contributed by atoms with Crippen LogP contribution in [0.5, 0.6) is 0 Å². The Balaban J connectivity index is 0.000000343. The lowest BCUT2D eigenvalue weighted by molar-refractivity contribution is -0.114. The third-order valence-electron chi connectivity index (χ3n) is 6.88. The molecule has 0 spiro atoms. The van der Waals surface area contributed by atoms with E-state index in [0.29, 0.717) is 11.5 Å². The molecule has 3 nitrogen and oxygen atoms in total. The van der Waals surface area contributed by atoms with Gasteiger partial charge in [-0.05, 0) is 50.1 Å². The summed E-state index contributed by atoms with van der Waals surface area (Å²) in [5.74, 6) is -1.42. The minimum Gasteiger partial charge on any atom is -0.303 e. The minimum absolute atomic E-state index is 0.00586. The SMILES string of the molecule is CCC1CC(C=O)C1.CSNC1C(F)CN(C)C1Cc1cccc(-c2cccc(F)c2F)c1F. The fourth-order valence-corrected chi connectivity index (χ4v) is 5.30. The van der Waals surface area contributed by atoms with Crippen molar-refractivity contribution >= 4 is 18.2 Å². The molecule has 34 heavy (non-hydrogen) atoms. The molecule has 2 fully saturated rings. The number of likely N-dealkylation sites (N-methyl/N-ethyl adjacent to an activating group) is 1. The summed E-state index contributed by atoms with van der Waals surface area (Å²) in [6.07, 6.45) is 5.68.